The first-order valence-corrected chi connectivity index (χ1v) is 5.46. The number of hydrogen-bond donors (Lipinski definition) is 3. The van der Waals surface area contributed by atoms with Crippen molar-refractivity contribution < 1.29 is 10.2 Å². The van der Waals surface area contributed by atoms with Gasteiger partial charge >= 0.3 is 0 Å². The van der Waals surface area contributed by atoms with Crippen molar-refractivity contribution in [3.63, 3.8) is 0 Å². The first-order chi connectivity index (χ1) is 6.72. The summed E-state index contributed by atoms with van der Waals surface area (Å²) in [5, 5.41) is 21.6. The molecule has 0 radical (unpaired) electrons. The third-order valence-electron chi connectivity index (χ3n) is 3.71. The summed E-state index contributed by atoms with van der Waals surface area (Å²) in [6.45, 7) is 6.00. The van der Waals surface area contributed by atoms with Gasteiger partial charge in [-0.15, -0.1) is 0 Å². The molecular weight excluding hydrogens is 180 g/mol. The van der Waals surface area contributed by atoms with Gasteiger partial charge in [0.1, 0.15) is 0 Å². The highest BCUT2D eigenvalue weighted by atomic mass is 16.3. The van der Waals surface area contributed by atoms with E-state index < -0.39 is 6.10 Å². The van der Waals surface area contributed by atoms with Crippen molar-refractivity contribution in [1.82, 2.24) is 10.2 Å². The van der Waals surface area contributed by atoms with E-state index in [1.807, 2.05) is 0 Å². The molecule has 4 unspecified atom stereocenters. The van der Waals surface area contributed by atoms with E-state index in [1.54, 1.807) is 0 Å². The van der Waals surface area contributed by atoms with E-state index in [9.17, 15) is 5.11 Å². The van der Waals surface area contributed by atoms with Crippen LogP contribution in [0, 0.1) is 11.8 Å². The van der Waals surface area contributed by atoms with Crippen LogP contribution in [0.15, 0.2) is 0 Å². The van der Waals surface area contributed by atoms with Gasteiger partial charge < -0.3 is 15.5 Å². The molecule has 0 aromatic rings. The van der Waals surface area contributed by atoms with E-state index in [-0.39, 0.29) is 6.61 Å². The zero-order valence-corrected chi connectivity index (χ0v) is 8.69. The molecule has 4 nitrogen and oxygen atoms in total. The number of aliphatic hydroxyl groups is 2. The lowest BCUT2D eigenvalue weighted by Crippen LogP contribution is -2.39. The maximum absolute atomic E-state index is 9.39. The predicted octanol–water partition coefficient (Wildman–Crippen LogP) is -1.12. The largest absolute Gasteiger partial charge is 0.394 e. The molecule has 4 heteroatoms. The van der Waals surface area contributed by atoms with E-state index >= 15 is 0 Å². The summed E-state index contributed by atoms with van der Waals surface area (Å²) in [6.07, 6.45) is -0.579. The number of rotatable bonds is 3. The molecule has 0 amide bonds. The van der Waals surface area contributed by atoms with Crippen LogP contribution in [0.1, 0.15) is 6.92 Å². The molecule has 2 aliphatic rings. The van der Waals surface area contributed by atoms with E-state index in [2.05, 4.69) is 17.1 Å². The molecule has 2 fully saturated rings. The van der Waals surface area contributed by atoms with Crippen LogP contribution in [-0.2, 0) is 0 Å². The van der Waals surface area contributed by atoms with Gasteiger partial charge in [0, 0.05) is 19.1 Å². The zero-order valence-electron chi connectivity index (χ0n) is 8.69. The molecule has 2 saturated heterocycles. The fraction of sp³-hybridized carbons (Fsp3) is 1.00. The second-order valence-electron chi connectivity index (χ2n) is 4.61. The van der Waals surface area contributed by atoms with Crippen molar-refractivity contribution in [3.05, 3.63) is 0 Å². The van der Waals surface area contributed by atoms with Gasteiger partial charge in [-0.05, 0) is 31.8 Å². The van der Waals surface area contributed by atoms with Gasteiger partial charge in [0.25, 0.3) is 0 Å². The van der Waals surface area contributed by atoms with Crippen LogP contribution in [0.25, 0.3) is 0 Å². The van der Waals surface area contributed by atoms with Crippen molar-refractivity contribution in [2.75, 3.05) is 32.8 Å². The maximum atomic E-state index is 9.39. The Morgan fingerprint density at radius 1 is 1.50 bits per heavy atom. The Labute approximate surface area is 84.9 Å². The molecule has 0 aromatic carbocycles. The Kier molecular flexibility index (Phi) is 3.07. The molecule has 14 heavy (non-hydrogen) atoms. The summed E-state index contributed by atoms with van der Waals surface area (Å²) in [5.41, 5.74) is 0. The van der Waals surface area contributed by atoms with Gasteiger partial charge in [0.2, 0.25) is 0 Å². The number of fused-ring (bicyclic) bond motifs is 1. The quantitative estimate of drug-likeness (QED) is 0.540. The Balaban J connectivity index is 1.90. The lowest BCUT2D eigenvalue weighted by molar-refractivity contribution is 0.0538. The van der Waals surface area contributed by atoms with Crippen LogP contribution in [0.5, 0.6) is 0 Å². The average Bonchev–Trinajstić information content (AvgIpc) is 2.72. The van der Waals surface area contributed by atoms with Crippen LogP contribution in [0.4, 0.5) is 0 Å². The van der Waals surface area contributed by atoms with Crippen molar-refractivity contribution in [2.24, 2.45) is 11.8 Å². The third-order valence-corrected chi connectivity index (χ3v) is 3.71. The van der Waals surface area contributed by atoms with Gasteiger partial charge in [-0.2, -0.15) is 0 Å². The van der Waals surface area contributed by atoms with Gasteiger partial charge in [0.15, 0.2) is 0 Å². The van der Waals surface area contributed by atoms with E-state index in [0.29, 0.717) is 12.6 Å². The Morgan fingerprint density at radius 2 is 2.29 bits per heavy atom. The van der Waals surface area contributed by atoms with Crippen molar-refractivity contribution in [2.45, 2.75) is 19.1 Å². The lowest BCUT2D eigenvalue weighted by atomic mass is 9.95. The minimum atomic E-state index is -0.579. The monoisotopic (exact) mass is 200 g/mol. The molecular formula is C10H20N2O2. The van der Waals surface area contributed by atoms with Crippen molar-refractivity contribution in [1.29, 1.82) is 0 Å². The molecule has 0 bridgehead atoms. The highest BCUT2D eigenvalue weighted by Crippen LogP contribution is 2.31. The summed E-state index contributed by atoms with van der Waals surface area (Å²) in [4.78, 5) is 2.30. The Morgan fingerprint density at radius 3 is 2.93 bits per heavy atom. The smallest absolute Gasteiger partial charge is 0.0897 e. The normalized spacial score (nSPS) is 40.1. The van der Waals surface area contributed by atoms with Gasteiger partial charge in [-0.25, -0.2) is 0 Å². The number of nitrogens with one attached hydrogen (secondary N) is 1. The molecule has 0 spiro atoms. The fourth-order valence-electron chi connectivity index (χ4n) is 2.83. The van der Waals surface area contributed by atoms with Crippen molar-refractivity contribution in [3.8, 4) is 0 Å². The van der Waals surface area contributed by atoms with Gasteiger partial charge in [-0.3, -0.25) is 4.90 Å². The summed E-state index contributed by atoms with van der Waals surface area (Å²) in [5.74, 6) is 1.48. The SMILES string of the molecule is CC1C2CNCC2CN1CC(O)CO. The van der Waals surface area contributed by atoms with Gasteiger partial charge in [0.05, 0.1) is 12.7 Å². The topological polar surface area (TPSA) is 55.7 Å². The number of nitrogens with zero attached hydrogens (tertiary/aromatic N) is 1. The first kappa shape index (κ1) is 10.4. The minimum Gasteiger partial charge on any atom is -0.394 e. The second-order valence-corrected chi connectivity index (χ2v) is 4.61. The fourth-order valence-corrected chi connectivity index (χ4v) is 2.83. The number of likely N-dealkylation sites (tertiary alicyclic amines) is 1. The first-order valence-electron chi connectivity index (χ1n) is 5.46. The highest BCUT2D eigenvalue weighted by molar-refractivity contribution is 4.96. The molecule has 2 heterocycles. The number of β-amino-alcohol motifs (C(OH)–C–C–N with tert-alkyl or cyclic N) is 1. The summed E-state index contributed by atoms with van der Waals surface area (Å²) < 4.78 is 0. The molecule has 0 saturated carbocycles. The van der Waals surface area contributed by atoms with Crippen molar-refractivity contribution >= 4 is 0 Å². The molecule has 0 aliphatic carbocycles. The van der Waals surface area contributed by atoms with E-state index in [1.165, 1.54) is 0 Å². The molecule has 2 rings (SSSR count). The van der Waals surface area contributed by atoms with E-state index in [4.69, 9.17) is 5.11 Å². The van der Waals surface area contributed by atoms with E-state index in [0.717, 1.165) is 31.5 Å². The molecule has 0 aromatic heterocycles. The third kappa shape index (κ3) is 1.80. The second kappa shape index (κ2) is 4.14. The lowest BCUT2D eigenvalue weighted by Gasteiger charge is -2.25. The summed E-state index contributed by atoms with van der Waals surface area (Å²) >= 11 is 0. The molecule has 2 aliphatic heterocycles. The van der Waals surface area contributed by atoms with Crippen LogP contribution in [-0.4, -0.2) is 60.0 Å². The zero-order chi connectivity index (χ0) is 10.1. The average molecular weight is 200 g/mol. The predicted molar refractivity (Wildman–Crippen MR) is 54.0 cm³/mol. The summed E-state index contributed by atoms with van der Waals surface area (Å²) in [7, 11) is 0. The van der Waals surface area contributed by atoms with Crippen LogP contribution in [0.2, 0.25) is 0 Å². The number of hydrogen-bond acceptors (Lipinski definition) is 4. The van der Waals surface area contributed by atoms with Crippen LogP contribution >= 0.6 is 0 Å². The highest BCUT2D eigenvalue weighted by Gasteiger charge is 2.41. The summed E-state index contributed by atoms with van der Waals surface area (Å²) in [6, 6.07) is 0.538. The van der Waals surface area contributed by atoms with Gasteiger partial charge in [-0.1, -0.05) is 0 Å². The number of aliphatic hydroxyl groups excluding tert-OH is 2. The maximum Gasteiger partial charge on any atom is 0.0897 e. The van der Waals surface area contributed by atoms with Crippen LogP contribution in [0.3, 0.4) is 0 Å². The molecule has 4 atom stereocenters. The molecule has 82 valence electrons. The van der Waals surface area contributed by atoms with Crippen LogP contribution < -0.4 is 5.32 Å². The Bertz CT molecular complexity index is 199. The molecule has 3 N–H and O–H groups in total. The minimum absolute atomic E-state index is 0.128. The standard InChI is InChI=1S/C10H20N2O2/c1-7-10-3-11-2-8(10)4-12(7)5-9(14)6-13/h7-11,13-14H,2-6H2,1H3. The Hall–Kier alpha value is -0.160.